The maximum Gasteiger partial charge on any atom is 0.365 e. The van der Waals surface area contributed by atoms with Gasteiger partial charge in [0.1, 0.15) is 47.2 Å². The van der Waals surface area contributed by atoms with Crippen molar-refractivity contribution >= 4 is 62.5 Å². The fourth-order valence-electron chi connectivity index (χ4n) is 10.9. The van der Waals surface area contributed by atoms with Gasteiger partial charge in [-0.25, -0.2) is 14.4 Å². The summed E-state index contributed by atoms with van der Waals surface area (Å²) in [7, 11) is 3.98. The van der Waals surface area contributed by atoms with E-state index in [2.05, 4.69) is 32.3 Å². The number of quaternary nitrogens is 1. The van der Waals surface area contributed by atoms with E-state index in [0.717, 1.165) is 44.4 Å². The van der Waals surface area contributed by atoms with Gasteiger partial charge in [0.2, 0.25) is 5.69 Å². The number of aromatic hydroxyl groups is 2. The number of benzene rings is 6. The summed E-state index contributed by atoms with van der Waals surface area (Å²) in [4.78, 5) is 49.6. The first-order chi connectivity index (χ1) is 38.8. The zero-order valence-corrected chi connectivity index (χ0v) is 45.5. The van der Waals surface area contributed by atoms with Crippen molar-refractivity contribution in [3.8, 4) is 39.9 Å². The Morgan fingerprint density at radius 1 is 0.741 bits per heavy atom. The molecule has 0 radical (unpaired) electrons. The van der Waals surface area contributed by atoms with E-state index < -0.39 is 21.7 Å². The largest absolute Gasteiger partial charge is 0.508 e. The molecule has 1 unspecified atom stereocenters. The zero-order valence-electron chi connectivity index (χ0n) is 45.5. The lowest BCUT2D eigenvalue weighted by Gasteiger charge is -2.19. The van der Waals surface area contributed by atoms with Gasteiger partial charge in [0, 0.05) is 83.2 Å². The van der Waals surface area contributed by atoms with Crippen LogP contribution in [0.3, 0.4) is 0 Å². The fraction of sp³-hybridized carbons (Fsp3) is 0.219. The number of allylic oxidation sites excluding steroid dienone is 8. The van der Waals surface area contributed by atoms with E-state index in [0.29, 0.717) is 81.9 Å². The van der Waals surface area contributed by atoms with Crippen LogP contribution in [0.15, 0.2) is 173 Å². The second kappa shape index (κ2) is 22.2. The molecule has 17 nitrogen and oxygen atoms in total. The number of hydrogen-bond acceptors (Lipinski definition) is 11. The Morgan fingerprint density at radius 2 is 1.40 bits per heavy atom. The number of likely N-dealkylation sites (N-methyl/N-ethyl adjacent to an activating group) is 1. The summed E-state index contributed by atoms with van der Waals surface area (Å²) in [6.45, 7) is 9.45. The summed E-state index contributed by atoms with van der Waals surface area (Å²) >= 11 is 0. The van der Waals surface area contributed by atoms with Gasteiger partial charge in [-0.15, -0.1) is 0 Å². The number of nitrogens with one attached hydrogen (secondary N) is 1. The third kappa shape index (κ3) is 10.9. The van der Waals surface area contributed by atoms with E-state index in [1.54, 1.807) is 42.5 Å². The van der Waals surface area contributed by atoms with Crippen LogP contribution < -0.4 is 19.1 Å². The lowest BCUT2D eigenvalue weighted by atomic mass is 9.81. The lowest BCUT2D eigenvalue weighted by molar-refractivity contribution is -0.764. The standard InChI is InChI=1S/C64H57N4O13/c1-63(2)51-36-44(19-23-53(51)65(5)59(63)27-13-39-33-41(67(73)74)15-25-55(39)70)77-29-9-30-79-46-18-22-50-58(38-46)81-57-35-43(69)17-21-49(57)61(50)47-11-7-8-12-48(47)62(72)80-32-10-31-78-45-20-24-54-52(37-45)64(3,4)60(66(54)6)28-14-40-34-42(68(75)76)16-26-56(40)71/h7-8,11-28,33-38H,9-10,29-32H2,1-6H3,(H-,69,73,74)/q+1/p+3. The predicted octanol–water partition coefficient (Wildman–Crippen LogP) is 11.5. The second-order valence-electron chi connectivity index (χ2n) is 21.0. The number of nitrogens with zero attached hydrogens (tertiary/aromatic N) is 3. The van der Waals surface area contributed by atoms with Crippen molar-refractivity contribution < 1.29 is 67.7 Å². The SMILES string of the molecule is C[N+]1=C(C=Cc2cc([N+](=O)O)ccc2O)C(C)(C)c2cc(OCCCOc3ccc4c(-c5ccccc5C(=O)OCCCOc5ccc6c(c5)C(C)(C)C(=CC=C5C=C([N+](=O)[O-])C=CC5=O)[NH+]6C)c5ccc(O)cc5[o+]c4c3)ccc21. The lowest BCUT2D eigenvalue weighted by Crippen LogP contribution is -3.01. The van der Waals surface area contributed by atoms with Crippen LogP contribution in [0.2, 0.25) is 0 Å². The van der Waals surface area contributed by atoms with Crippen LogP contribution in [-0.4, -0.2) is 87.8 Å². The minimum absolute atomic E-state index is 0.00360. The van der Waals surface area contributed by atoms with Crippen molar-refractivity contribution in [2.24, 2.45) is 0 Å². The van der Waals surface area contributed by atoms with Crippen molar-refractivity contribution in [3.63, 3.8) is 0 Å². The predicted molar refractivity (Wildman–Crippen MR) is 305 cm³/mol. The zero-order chi connectivity index (χ0) is 57.3. The van der Waals surface area contributed by atoms with Gasteiger partial charge in [-0.3, -0.25) is 19.8 Å². The molecule has 6 aromatic carbocycles. The molecule has 1 aromatic heterocycles. The summed E-state index contributed by atoms with van der Waals surface area (Å²) in [5.41, 5.74) is 8.24. The number of carbonyl (C=O) groups is 2. The van der Waals surface area contributed by atoms with E-state index in [4.69, 9.17) is 23.4 Å². The highest BCUT2D eigenvalue weighted by molar-refractivity contribution is 6.12. The molecule has 7 aromatic rings. The van der Waals surface area contributed by atoms with Gasteiger partial charge in [0.15, 0.2) is 11.5 Å². The number of ketones is 1. The first-order valence-electron chi connectivity index (χ1n) is 26.4. The highest BCUT2D eigenvalue weighted by Gasteiger charge is 2.45. The third-order valence-corrected chi connectivity index (χ3v) is 15.1. The van der Waals surface area contributed by atoms with Crippen LogP contribution >= 0.6 is 0 Å². The highest BCUT2D eigenvalue weighted by atomic mass is 16.6. The molecule has 0 fully saturated rings. The Kier molecular flexibility index (Phi) is 15.0. The molecule has 0 amide bonds. The summed E-state index contributed by atoms with van der Waals surface area (Å²) in [6.07, 6.45) is 11.8. The Balaban J connectivity index is 0.764. The fourth-order valence-corrected chi connectivity index (χ4v) is 10.9. The molecule has 0 bridgehead atoms. The van der Waals surface area contributed by atoms with Gasteiger partial charge in [0.25, 0.3) is 10.6 Å². The smallest absolute Gasteiger partial charge is 0.365 e. The molecule has 10 rings (SSSR count). The van der Waals surface area contributed by atoms with Crippen molar-refractivity contribution in [2.45, 2.75) is 51.4 Å². The molecule has 81 heavy (non-hydrogen) atoms. The monoisotopic (exact) mass is 1090 g/mol. The average molecular weight is 1090 g/mol. The number of carbonyl (C=O) groups excluding carboxylic acids is 2. The molecule has 410 valence electrons. The first-order valence-corrected chi connectivity index (χ1v) is 26.4. The molecule has 3 heterocycles. The van der Waals surface area contributed by atoms with Crippen LogP contribution in [0.5, 0.6) is 28.7 Å². The topological polar surface area (TPSA) is 214 Å². The van der Waals surface area contributed by atoms with Crippen LogP contribution in [-0.2, 0) is 20.4 Å². The maximum atomic E-state index is 14.0. The van der Waals surface area contributed by atoms with Crippen LogP contribution in [0.1, 0.15) is 67.6 Å². The number of fused-ring (bicyclic) bond motifs is 4. The summed E-state index contributed by atoms with van der Waals surface area (Å²) in [6, 6.07) is 33.6. The molecule has 17 heteroatoms. The Morgan fingerprint density at radius 3 is 2.12 bits per heavy atom. The average Bonchev–Trinajstić information content (AvgIpc) is 3.43. The van der Waals surface area contributed by atoms with E-state index in [-0.39, 0.29) is 52.4 Å². The molecule has 0 saturated heterocycles. The van der Waals surface area contributed by atoms with Gasteiger partial charge in [-0.1, -0.05) is 18.2 Å². The molecule has 0 spiro atoms. The molecule has 1 aliphatic carbocycles. The minimum Gasteiger partial charge on any atom is -0.508 e. The number of nitro groups is 1. The quantitative estimate of drug-likeness (QED) is 0.00921. The van der Waals surface area contributed by atoms with Gasteiger partial charge >= 0.3 is 22.8 Å². The van der Waals surface area contributed by atoms with Crippen molar-refractivity contribution in [1.29, 1.82) is 0 Å². The van der Waals surface area contributed by atoms with E-state index >= 15 is 0 Å². The van der Waals surface area contributed by atoms with E-state index in [1.807, 2.05) is 86.9 Å². The normalized spacial score (nSPS) is 17.0. The molecule has 3 aliphatic rings. The van der Waals surface area contributed by atoms with Crippen LogP contribution in [0.4, 0.5) is 17.1 Å². The van der Waals surface area contributed by atoms with Crippen molar-refractivity contribution in [1.82, 2.24) is 0 Å². The maximum absolute atomic E-state index is 14.0. The first kappa shape index (κ1) is 54.6. The third-order valence-electron chi connectivity index (χ3n) is 15.1. The Labute approximate surface area is 466 Å². The Hall–Kier alpha value is -9.74. The minimum atomic E-state index is -0.519. The summed E-state index contributed by atoms with van der Waals surface area (Å²) in [5, 5.41) is 43.1. The molecular weight excluding hydrogens is 1030 g/mol. The van der Waals surface area contributed by atoms with Gasteiger partial charge in [-0.2, -0.15) is 4.58 Å². The summed E-state index contributed by atoms with van der Waals surface area (Å²) < 4.78 is 32.9. The van der Waals surface area contributed by atoms with Crippen LogP contribution in [0.25, 0.3) is 39.1 Å². The molecule has 4 N–H and O–H groups in total. The van der Waals surface area contributed by atoms with Crippen molar-refractivity contribution in [2.75, 3.05) is 40.5 Å². The number of hydrogen-bond donors (Lipinski definition) is 4. The second-order valence-corrected chi connectivity index (χ2v) is 21.0. The number of ether oxygens (including phenoxy) is 4. The van der Waals surface area contributed by atoms with Gasteiger partial charge in [-0.05, 0) is 118 Å². The van der Waals surface area contributed by atoms with Crippen LogP contribution in [0, 0.1) is 15.0 Å². The van der Waals surface area contributed by atoms with Gasteiger partial charge < -0.3 is 29.2 Å². The number of rotatable bonds is 18. The van der Waals surface area contributed by atoms with E-state index in [1.165, 1.54) is 42.5 Å². The number of esters is 1. The molecular formula is C64H60N4O13+4. The van der Waals surface area contributed by atoms with E-state index in [9.17, 15) is 40.0 Å². The number of phenolic OH excluding ortho intramolecular Hbond substituents is 2. The van der Waals surface area contributed by atoms with Gasteiger partial charge in [0.05, 0.1) is 82.6 Å². The summed E-state index contributed by atoms with van der Waals surface area (Å²) in [5.74, 6) is 1.08. The van der Waals surface area contributed by atoms with Crippen molar-refractivity contribution in [3.05, 3.63) is 206 Å². The highest BCUT2D eigenvalue weighted by Crippen LogP contribution is 2.44. The molecule has 1 atom stereocenters. The molecule has 0 saturated carbocycles. The molecule has 2 aliphatic heterocycles. The number of phenols is 2. The Bertz CT molecular complexity index is 3960.